The van der Waals surface area contributed by atoms with Crippen LogP contribution in [0.1, 0.15) is 28.9 Å². The van der Waals surface area contributed by atoms with Crippen molar-refractivity contribution in [2.24, 2.45) is 5.92 Å². The Kier molecular flexibility index (Phi) is 4.01. The molecule has 2 aliphatic rings. The van der Waals surface area contributed by atoms with Crippen molar-refractivity contribution in [2.75, 3.05) is 5.32 Å². The van der Waals surface area contributed by atoms with E-state index in [1.807, 2.05) is 0 Å². The fourth-order valence-electron chi connectivity index (χ4n) is 2.89. The highest BCUT2D eigenvalue weighted by Gasteiger charge is 2.50. The van der Waals surface area contributed by atoms with E-state index in [9.17, 15) is 18.0 Å². The number of carbonyl (C=O) groups excluding carboxylic acids is 1. The Hall–Kier alpha value is -3.10. The number of hydrogen-bond acceptors (Lipinski definition) is 4. The molecule has 0 bridgehead atoms. The highest BCUT2D eigenvalue weighted by Crippen LogP contribution is 2.42. The predicted octanol–water partition coefficient (Wildman–Crippen LogP) is 3.39. The normalized spacial score (nSPS) is 16.7. The second kappa shape index (κ2) is 6.26. The molecule has 0 unspecified atom stereocenters. The number of rotatable bonds is 4. The summed E-state index contributed by atoms with van der Waals surface area (Å²) in [7, 11) is 0. The lowest BCUT2D eigenvalue weighted by atomic mass is 10.1. The number of nitrogens with zero attached hydrogens (tertiary/aromatic N) is 4. The molecule has 9 heteroatoms. The Morgan fingerprint density at radius 3 is 2.59 bits per heavy atom. The maximum absolute atomic E-state index is 13.2. The molecule has 1 amide bonds. The van der Waals surface area contributed by atoms with Crippen molar-refractivity contribution in [3.05, 3.63) is 53.9 Å². The lowest BCUT2D eigenvalue weighted by Gasteiger charge is -2.21. The summed E-state index contributed by atoms with van der Waals surface area (Å²) in [5, 5.41) is 2.65. The molecule has 1 saturated carbocycles. The predicted molar refractivity (Wildman–Crippen MR) is 90.7 cm³/mol. The molecule has 138 valence electrons. The summed E-state index contributed by atoms with van der Waals surface area (Å²) in [5.41, 5.74) is 1.14. The molecule has 0 saturated heterocycles. The number of aromatic nitrogens is 3. The van der Waals surface area contributed by atoms with Gasteiger partial charge in [0, 0.05) is 24.3 Å². The van der Waals surface area contributed by atoms with Crippen molar-refractivity contribution in [1.82, 2.24) is 15.0 Å². The van der Waals surface area contributed by atoms with E-state index >= 15 is 0 Å². The van der Waals surface area contributed by atoms with Crippen molar-refractivity contribution in [2.45, 2.75) is 25.9 Å². The first kappa shape index (κ1) is 17.3. The Morgan fingerprint density at radius 2 is 2.00 bits per heavy atom. The van der Waals surface area contributed by atoms with Gasteiger partial charge in [-0.1, -0.05) is 0 Å². The van der Waals surface area contributed by atoms with Crippen LogP contribution in [0.4, 0.5) is 24.7 Å². The first-order valence-corrected chi connectivity index (χ1v) is 8.34. The summed E-state index contributed by atoms with van der Waals surface area (Å²) in [4.78, 5) is 24.1. The van der Waals surface area contributed by atoms with Crippen LogP contribution < -0.4 is 5.32 Å². The van der Waals surface area contributed by atoms with Crippen LogP contribution in [0.25, 0.3) is 0 Å². The van der Waals surface area contributed by atoms with Crippen LogP contribution >= 0.6 is 0 Å². The smallest absolute Gasteiger partial charge is 0.319 e. The maximum atomic E-state index is 13.2. The van der Waals surface area contributed by atoms with E-state index < -0.39 is 17.8 Å². The highest BCUT2D eigenvalue weighted by atomic mass is 19.4. The van der Waals surface area contributed by atoms with Crippen LogP contribution in [0, 0.1) is 12.8 Å². The van der Waals surface area contributed by atoms with E-state index in [1.165, 1.54) is 36.9 Å². The zero-order valence-corrected chi connectivity index (χ0v) is 14.3. The van der Waals surface area contributed by atoms with Crippen molar-refractivity contribution in [3.8, 4) is 0 Å². The van der Waals surface area contributed by atoms with Gasteiger partial charge in [-0.2, -0.15) is 17.7 Å². The molecule has 2 aromatic rings. The second-order valence-electron chi connectivity index (χ2n) is 6.44. The molecule has 2 aromatic heterocycles. The van der Waals surface area contributed by atoms with Gasteiger partial charge in [0.1, 0.15) is 12.0 Å². The van der Waals surface area contributed by atoms with Crippen LogP contribution in [0.15, 0.2) is 42.6 Å². The van der Waals surface area contributed by atoms with Crippen LogP contribution in [0.2, 0.25) is 0 Å². The molecular formula is C18H15F3N5O+. The summed E-state index contributed by atoms with van der Waals surface area (Å²) in [6.07, 6.45) is 2.61. The largest absolute Gasteiger partial charge is 0.454 e. The topological polar surface area (TPSA) is 70.8 Å². The number of amides is 1. The van der Waals surface area contributed by atoms with Crippen LogP contribution in [-0.2, 0) is 0 Å². The molecule has 1 aliphatic heterocycles. The molecule has 27 heavy (non-hydrogen) atoms. The van der Waals surface area contributed by atoms with Gasteiger partial charge in [-0.15, -0.1) is 0 Å². The zero-order chi connectivity index (χ0) is 19.2. The van der Waals surface area contributed by atoms with Crippen molar-refractivity contribution in [3.63, 3.8) is 0 Å². The van der Waals surface area contributed by atoms with Gasteiger partial charge in [0.15, 0.2) is 6.20 Å². The lowest BCUT2D eigenvalue weighted by Crippen LogP contribution is -2.35. The molecular weight excluding hydrogens is 359 g/mol. The number of alkyl halides is 3. The molecule has 4 rings (SSSR count). The van der Waals surface area contributed by atoms with Crippen LogP contribution in [-0.4, -0.2) is 37.3 Å². The van der Waals surface area contributed by atoms with E-state index in [-0.39, 0.29) is 11.7 Å². The quantitative estimate of drug-likeness (QED) is 0.833. The number of aryl methyl sites for hydroxylation is 1. The fourth-order valence-corrected chi connectivity index (χ4v) is 2.89. The van der Waals surface area contributed by atoms with E-state index in [2.05, 4.69) is 20.3 Å². The zero-order valence-electron chi connectivity index (χ0n) is 14.3. The molecule has 0 atom stereocenters. The van der Waals surface area contributed by atoms with E-state index in [0.29, 0.717) is 22.7 Å². The van der Waals surface area contributed by atoms with Gasteiger partial charge in [-0.25, -0.2) is 9.97 Å². The third-order valence-electron chi connectivity index (χ3n) is 4.46. The third kappa shape index (κ3) is 3.32. The Morgan fingerprint density at radius 1 is 1.22 bits per heavy atom. The van der Waals surface area contributed by atoms with Gasteiger partial charge in [0.25, 0.3) is 5.91 Å². The van der Waals surface area contributed by atoms with Crippen LogP contribution in [0.3, 0.4) is 0 Å². The van der Waals surface area contributed by atoms with Crippen LogP contribution in [0.5, 0.6) is 0 Å². The van der Waals surface area contributed by atoms with Gasteiger partial charge in [0.2, 0.25) is 5.70 Å². The monoisotopic (exact) mass is 374 g/mol. The molecule has 0 aromatic carbocycles. The Bertz CT molecular complexity index is 975. The van der Waals surface area contributed by atoms with Gasteiger partial charge in [-0.05, 0) is 30.8 Å². The number of halogens is 3. The first-order valence-electron chi connectivity index (χ1n) is 8.34. The van der Waals surface area contributed by atoms with E-state index in [1.54, 1.807) is 6.92 Å². The summed E-state index contributed by atoms with van der Waals surface area (Å²) in [6, 6.07) is 2.99. The average molecular weight is 374 g/mol. The number of allylic oxidation sites excluding steroid dienone is 2. The Labute approximate surface area is 152 Å². The van der Waals surface area contributed by atoms with Crippen molar-refractivity contribution in [1.29, 1.82) is 0 Å². The highest BCUT2D eigenvalue weighted by molar-refractivity contribution is 6.04. The molecule has 1 N–H and O–H groups in total. The molecule has 1 aliphatic carbocycles. The van der Waals surface area contributed by atoms with Gasteiger partial charge in [0.05, 0.1) is 16.9 Å². The van der Waals surface area contributed by atoms with Gasteiger partial charge in [-0.3, -0.25) is 4.79 Å². The number of nitrogens with one attached hydrogen (secondary N) is 1. The summed E-state index contributed by atoms with van der Waals surface area (Å²) in [6.45, 7) is 1.68. The lowest BCUT2D eigenvalue weighted by molar-refractivity contribution is -0.441. The van der Waals surface area contributed by atoms with E-state index in [0.717, 1.165) is 17.4 Å². The number of pyridine rings is 1. The fraction of sp³-hybridized carbons (Fsp3) is 0.278. The molecule has 6 nitrogen and oxygen atoms in total. The third-order valence-corrected chi connectivity index (χ3v) is 4.46. The summed E-state index contributed by atoms with van der Waals surface area (Å²) < 4.78 is 40.6. The summed E-state index contributed by atoms with van der Waals surface area (Å²) in [5.74, 6) is -0.0602. The number of anilines is 1. The Balaban J connectivity index is 1.55. The maximum Gasteiger partial charge on any atom is 0.454 e. The minimum atomic E-state index is -4.43. The van der Waals surface area contributed by atoms with Crippen molar-refractivity contribution < 1.29 is 22.5 Å². The molecule has 0 spiro atoms. The van der Waals surface area contributed by atoms with E-state index in [4.69, 9.17) is 0 Å². The van der Waals surface area contributed by atoms with Gasteiger partial charge < -0.3 is 5.32 Å². The number of hydrogen-bond donors (Lipinski definition) is 1. The first-order chi connectivity index (χ1) is 12.8. The minimum Gasteiger partial charge on any atom is -0.319 e. The van der Waals surface area contributed by atoms with Crippen molar-refractivity contribution >= 4 is 23.1 Å². The molecule has 3 heterocycles. The minimum absolute atomic E-state index is 0.165. The molecule has 1 fully saturated rings. The number of carbonyl (C=O) groups is 1. The van der Waals surface area contributed by atoms with Gasteiger partial charge >= 0.3 is 12.0 Å². The average Bonchev–Trinajstić information content (AvgIpc) is 3.39. The standard InChI is InChI=1S/C18H14F3N5O/c1-10-13(8-22-9-24-10)17(27)25-12-4-5-16(23-7-12)26-14(11-2-3-11)6-15(26)18(19,20)21/h4-9,11H,2-3H2,1H3/p+1. The molecule has 0 radical (unpaired) electrons. The summed E-state index contributed by atoms with van der Waals surface area (Å²) >= 11 is 0. The SMILES string of the molecule is Cc1ncncc1C(=O)Nc1ccc([N+]2=C(C3CC3)C=C2C(F)(F)F)nc1. The second-order valence-corrected chi connectivity index (χ2v) is 6.44.